The van der Waals surface area contributed by atoms with Crippen LogP contribution in [0, 0.1) is 5.41 Å². The minimum Gasteiger partial charge on any atom is -0.493 e. The van der Waals surface area contributed by atoms with Gasteiger partial charge in [0.1, 0.15) is 5.78 Å². The second kappa shape index (κ2) is 12.2. The predicted octanol–water partition coefficient (Wildman–Crippen LogP) is 3.95. The van der Waals surface area contributed by atoms with E-state index >= 15 is 0 Å². The fourth-order valence-electron chi connectivity index (χ4n) is 3.21. The first-order valence-electron chi connectivity index (χ1n) is 12.7. The Balaban J connectivity index is 2.93. The summed E-state index contributed by atoms with van der Waals surface area (Å²) in [4.78, 5) is 15.1. The lowest BCUT2D eigenvalue weighted by Crippen LogP contribution is -2.45. The van der Waals surface area contributed by atoms with Gasteiger partial charge in [-0.05, 0) is 49.4 Å². The van der Waals surface area contributed by atoms with E-state index in [0.29, 0.717) is 37.8 Å². The number of hydrogen-bond acceptors (Lipinski definition) is 6. The van der Waals surface area contributed by atoms with E-state index in [9.17, 15) is 4.79 Å². The van der Waals surface area contributed by atoms with E-state index < -0.39 is 20.4 Å². The maximum atomic E-state index is 13.2. The number of benzene rings is 1. The second-order valence-electron chi connectivity index (χ2n) is 8.43. The van der Waals surface area contributed by atoms with Crippen molar-refractivity contribution < 1.29 is 32.0 Å². The van der Waals surface area contributed by atoms with Crippen molar-refractivity contribution in [3.8, 4) is 11.5 Å². The number of hydrogen-bond donors (Lipinski definition) is 0. The number of carbonyl (C=O) groups is 1. The van der Waals surface area contributed by atoms with E-state index in [0.717, 1.165) is 0 Å². The Hall–Kier alpha value is -1.63. The first-order valence-corrected chi connectivity index (χ1v) is 9.73. The standard InChI is InChI=1S/C23H39NO5/c1-23(2,3)15-18(24(4)16-22(28-7)29-8)19(25)11-9-10-17-12-13-20(26-5)21(14-17)27-6/h12-14,18,22H,9-11,15-16H2,1-8H3/t18-/m1/s1/i5D3,6D3. The van der Waals surface area contributed by atoms with E-state index in [1.165, 1.54) is 12.1 Å². The molecule has 0 unspecified atom stereocenters. The molecule has 6 nitrogen and oxygen atoms in total. The molecule has 0 aliphatic rings. The molecule has 0 aliphatic heterocycles. The van der Waals surface area contributed by atoms with Gasteiger partial charge in [-0.25, -0.2) is 0 Å². The highest BCUT2D eigenvalue weighted by Crippen LogP contribution is 2.29. The van der Waals surface area contributed by atoms with Gasteiger partial charge in [-0.3, -0.25) is 9.69 Å². The van der Waals surface area contributed by atoms with Crippen LogP contribution in [0.3, 0.4) is 0 Å². The summed E-state index contributed by atoms with van der Waals surface area (Å²) in [6.07, 6.45) is 1.54. The summed E-state index contributed by atoms with van der Waals surface area (Å²) in [5.41, 5.74) is 0.638. The SMILES string of the molecule is [2H]C([2H])([2H])Oc1ccc(CCCC(=O)[C@@H](CC(C)(C)C)N(C)CC(OC)OC)cc1OC([2H])([2H])[2H]. The van der Waals surface area contributed by atoms with Crippen molar-refractivity contribution in [3.63, 3.8) is 0 Å². The number of aryl methyl sites for hydroxylation is 1. The fourth-order valence-corrected chi connectivity index (χ4v) is 3.21. The number of methoxy groups -OCH3 is 4. The molecule has 0 bridgehead atoms. The molecule has 0 fully saturated rings. The first-order chi connectivity index (χ1) is 15.9. The van der Waals surface area contributed by atoms with Gasteiger partial charge in [-0.2, -0.15) is 0 Å². The van der Waals surface area contributed by atoms with Crippen LogP contribution in [-0.4, -0.2) is 64.9 Å². The molecule has 6 heteroatoms. The van der Waals surface area contributed by atoms with Crippen LogP contribution in [0.4, 0.5) is 0 Å². The lowest BCUT2D eigenvalue weighted by Gasteiger charge is -2.33. The summed E-state index contributed by atoms with van der Waals surface area (Å²) in [7, 11) is -0.530. The number of ketones is 1. The molecule has 0 heterocycles. The summed E-state index contributed by atoms with van der Waals surface area (Å²) in [6, 6.07) is 4.14. The molecular weight excluding hydrogens is 370 g/mol. The van der Waals surface area contributed by atoms with Crippen LogP contribution in [0.15, 0.2) is 18.2 Å². The zero-order valence-corrected chi connectivity index (χ0v) is 18.4. The van der Waals surface area contributed by atoms with Crippen LogP contribution < -0.4 is 9.47 Å². The molecule has 166 valence electrons. The van der Waals surface area contributed by atoms with Crippen molar-refractivity contribution in [1.29, 1.82) is 0 Å². The summed E-state index contributed by atoms with van der Waals surface area (Å²) < 4.78 is 64.2. The van der Waals surface area contributed by atoms with Crippen molar-refractivity contribution in [1.82, 2.24) is 4.90 Å². The molecule has 0 saturated heterocycles. The number of likely N-dealkylation sites (N-methyl/N-ethyl adjacent to an activating group) is 1. The van der Waals surface area contributed by atoms with Crippen LogP contribution in [-0.2, 0) is 20.7 Å². The first kappa shape index (κ1) is 17.1. The average Bonchev–Trinajstić information content (AvgIpc) is 2.69. The molecule has 0 amide bonds. The van der Waals surface area contributed by atoms with Gasteiger partial charge in [-0.1, -0.05) is 26.8 Å². The lowest BCUT2D eigenvalue weighted by molar-refractivity contribution is -0.134. The average molecular weight is 416 g/mol. The Bertz CT molecular complexity index is 803. The molecule has 0 aliphatic carbocycles. The Morgan fingerprint density at radius 1 is 1.14 bits per heavy atom. The van der Waals surface area contributed by atoms with Gasteiger partial charge >= 0.3 is 0 Å². The van der Waals surface area contributed by atoms with E-state index in [2.05, 4.69) is 20.8 Å². The van der Waals surface area contributed by atoms with E-state index in [-0.39, 0.29) is 28.7 Å². The molecule has 1 rings (SSSR count). The van der Waals surface area contributed by atoms with E-state index in [1.54, 1.807) is 20.3 Å². The molecule has 1 aromatic rings. The Labute approximate surface area is 184 Å². The van der Waals surface area contributed by atoms with Gasteiger partial charge in [0.15, 0.2) is 17.8 Å². The highest BCUT2D eigenvalue weighted by atomic mass is 16.7. The van der Waals surface area contributed by atoms with Crippen molar-refractivity contribution in [2.45, 2.75) is 58.8 Å². The third-order valence-electron chi connectivity index (χ3n) is 4.79. The van der Waals surface area contributed by atoms with Crippen LogP contribution in [0.1, 0.15) is 53.8 Å². The van der Waals surface area contributed by atoms with Crippen LogP contribution in [0.2, 0.25) is 0 Å². The van der Waals surface area contributed by atoms with Crippen LogP contribution >= 0.6 is 0 Å². The summed E-state index contributed by atoms with van der Waals surface area (Å²) in [6.45, 7) is 6.70. The van der Waals surface area contributed by atoms with Gasteiger partial charge in [0.2, 0.25) is 0 Å². The Morgan fingerprint density at radius 3 is 2.38 bits per heavy atom. The number of carbonyl (C=O) groups excluding carboxylic acids is 1. The highest BCUT2D eigenvalue weighted by molar-refractivity contribution is 5.84. The summed E-state index contributed by atoms with van der Waals surface area (Å²) >= 11 is 0. The number of Topliss-reactive ketones (excluding diaryl/α,β-unsaturated/α-hetero) is 1. The van der Waals surface area contributed by atoms with E-state index in [4.69, 9.17) is 27.2 Å². The number of ether oxygens (including phenoxy) is 4. The molecule has 1 aromatic carbocycles. The van der Waals surface area contributed by atoms with Gasteiger partial charge in [-0.15, -0.1) is 0 Å². The van der Waals surface area contributed by atoms with Gasteiger partial charge in [0, 0.05) is 27.2 Å². The van der Waals surface area contributed by atoms with Gasteiger partial charge in [0.05, 0.1) is 28.3 Å². The van der Waals surface area contributed by atoms with Gasteiger partial charge in [0.25, 0.3) is 0 Å². The summed E-state index contributed by atoms with van der Waals surface area (Å²) in [5, 5.41) is 0. The maximum Gasteiger partial charge on any atom is 0.169 e. The molecular formula is C23H39NO5. The monoisotopic (exact) mass is 415 g/mol. The zero-order chi connectivity index (χ0) is 27.0. The Kier molecular flexibility index (Phi) is 7.16. The number of rotatable bonds is 13. The Morgan fingerprint density at radius 2 is 1.79 bits per heavy atom. The summed E-state index contributed by atoms with van der Waals surface area (Å²) in [5.74, 6) is -0.270. The molecule has 0 aromatic heterocycles. The molecule has 29 heavy (non-hydrogen) atoms. The van der Waals surface area contributed by atoms with Crippen molar-refractivity contribution >= 4 is 5.78 Å². The molecule has 1 atom stereocenters. The van der Waals surface area contributed by atoms with Crippen LogP contribution in [0.5, 0.6) is 11.5 Å². The molecule has 0 spiro atoms. The predicted molar refractivity (Wildman–Crippen MR) is 116 cm³/mol. The van der Waals surface area contributed by atoms with Crippen molar-refractivity contribution in [3.05, 3.63) is 23.8 Å². The minimum absolute atomic E-state index is 0.0651. The largest absolute Gasteiger partial charge is 0.493 e. The maximum absolute atomic E-state index is 13.2. The fraction of sp³-hybridized carbons (Fsp3) is 0.696. The zero-order valence-electron chi connectivity index (χ0n) is 24.4. The molecule has 0 radical (unpaired) electrons. The smallest absolute Gasteiger partial charge is 0.169 e. The van der Waals surface area contributed by atoms with Crippen molar-refractivity contribution in [2.75, 3.05) is 41.9 Å². The van der Waals surface area contributed by atoms with E-state index in [1.807, 2.05) is 11.9 Å². The third-order valence-corrected chi connectivity index (χ3v) is 4.79. The molecule has 0 saturated carbocycles. The van der Waals surface area contributed by atoms with Crippen molar-refractivity contribution in [2.24, 2.45) is 5.41 Å². The van der Waals surface area contributed by atoms with Crippen LogP contribution in [0.25, 0.3) is 0 Å². The quantitative estimate of drug-likeness (QED) is 0.455. The highest BCUT2D eigenvalue weighted by Gasteiger charge is 2.29. The van der Waals surface area contributed by atoms with Gasteiger partial charge < -0.3 is 18.9 Å². The normalized spacial score (nSPS) is 17.0. The topological polar surface area (TPSA) is 57.2 Å². The second-order valence-corrected chi connectivity index (χ2v) is 8.43. The minimum atomic E-state index is -2.77. The number of nitrogens with zero attached hydrogens (tertiary/aromatic N) is 1. The lowest BCUT2D eigenvalue weighted by atomic mass is 9.85. The third kappa shape index (κ3) is 8.72. The molecule has 0 N–H and O–H groups in total.